The number of hydrogen-bond donors (Lipinski definition) is 1. The van der Waals surface area contributed by atoms with E-state index in [4.69, 9.17) is 4.74 Å². The van der Waals surface area contributed by atoms with E-state index >= 15 is 0 Å². The summed E-state index contributed by atoms with van der Waals surface area (Å²) in [6.07, 6.45) is -4.29. The number of carbonyl (C=O) groups excluding carboxylic acids is 2. The molecular weight excluding hydrogens is 674 g/mol. The summed E-state index contributed by atoms with van der Waals surface area (Å²) in [5.41, 5.74) is 1.19. The zero-order valence-electron chi connectivity index (χ0n) is 28.2. The summed E-state index contributed by atoms with van der Waals surface area (Å²) in [7, 11) is 0. The molecule has 4 aromatic rings. The van der Waals surface area contributed by atoms with Gasteiger partial charge < -0.3 is 15.0 Å². The van der Waals surface area contributed by atoms with E-state index in [2.05, 4.69) is 15.4 Å². The van der Waals surface area contributed by atoms with E-state index < -0.39 is 29.0 Å². The van der Waals surface area contributed by atoms with Crippen LogP contribution in [0.3, 0.4) is 0 Å². The molecule has 0 bridgehead atoms. The maximum Gasteiger partial charge on any atom is 0.416 e. The number of halogens is 4. The number of carbonyl (C=O) groups is 2. The number of amides is 2. The zero-order valence-corrected chi connectivity index (χ0v) is 29.0. The monoisotopic (exact) mass is 713 g/mol. The molecule has 0 saturated carbocycles. The SMILES string of the molecule is CCc1nn(CC(=O)N(CCCNC(=O)OC(C)(C)C)Cc2ccc(-c3ccc(C(F)(F)F)cc3)cc2)c(SCc2ccc(F)cc2)nc1=O. The van der Waals surface area contributed by atoms with Crippen LogP contribution in [0.5, 0.6) is 0 Å². The number of alkyl carbamates (subject to hydrolysis) is 1. The lowest BCUT2D eigenvalue weighted by molar-refractivity contribution is -0.137. The molecule has 1 aromatic heterocycles. The van der Waals surface area contributed by atoms with Gasteiger partial charge in [0.2, 0.25) is 5.91 Å². The van der Waals surface area contributed by atoms with Crippen molar-refractivity contribution in [2.24, 2.45) is 0 Å². The molecule has 266 valence electrons. The van der Waals surface area contributed by atoms with E-state index in [1.54, 1.807) is 69.0 Å². The minimum atomic E-state index is -4.43. The van der Waals surface area contributed by atoms with E-state index in [0.717, 1.165) is 23.3 Å². The van der Waals surface area contributed by atoms with Gasteiger partial charge >= 0.3 is 12.3 Å². The van der Waals surface area contributed by atoms with Crippen LogP contribution in [-0.4, -0.2) is 50.4 Å². The Balaban J connectivity index is 1.53. The second kappa shape index (κ2) is 16.8. The number of alkyl halides is 3. The summed E-state index contributed by atoms with van der Waals surface area (Å²) in [4.78, 5) is 44.4. The van der Waals surface area contributed by atoms with Gasteiger partial charge in [-0.2, -0.15) is 23.3 Å². The Bertz CT molecular complexity index is 1810. The van der Waals surface area contributed by atoms with E-state index in [1.807, 2.05) is 0 Å². The number of thioether (sulfide) groups is 1. The lowest BCUT2D eigenvalue weighted by atomic mass is 10.0. The van der Waals surface area contributed by atoms with Crippen molar-refractivity contribution in [2.45, 2.75) is 76.3 Å². The van der Waals surface area contributed by atoms with Gasteiger partial charge in [0.15, 0.2) is 5.16 Å². The quantitative estimate of drug-likeness (QED) is 0.0884. The molecule has 0 spiro atoms. The van der Waals surface area contributed by atoms with Crippen molar-refractivity contribution in [1.29, 1.82) is 0 Å². The maximum atomic E-state index is 13.9. The molecule has 0 saturated heterocycles. The summed E-state index contributed by atoms with van der Waals surface area (Å²) in [6, 6.07) is 17.9. The third kappa shape index (κ3) is 11.4. The molecule has 0 aliphatic carbocycles. The van der Waals surface area contributed by atoms with Crippen molar-refractivity contribution in [3.05, 3.63) is 111 Å². The number of ether oxygens (including phenoxy) is 1. The van der Waals surface area contributed by atoms with E-state index in [-0.39, 0.29) is 48.8 Å². The van der Waals surface area contributed by atoms with E-state index in [0.29, 0.717) is 29.7 Å². The molecular formula is C36H39F4N5O4S. The average Bonchev–Trinajstić information content (AvgIpc) is 3.06. The van der Waals surface area contributed by atoms with Gasteiger partial charge in [-0.3, -0.25) is 9.59 Å². The second-order valence-electron chi connectivity index (χ2n) is 12.4. The largest absolute Gasteiger partial charge is 0.444 e. The first-order valence-corrected chi connectivity index (χ1v) is 17.0. The predicted octanol–water partition coefficient (Wildman–Crippen LogP) is 7.26. The van der Waals surface area contributed by atoms with Crippen LogP contribution in [0.1, 0.15) is 56.5 Å². The van der Waals surface area contributed by atoms with Crippen molar-refractivity contribution in [3.8, 4) is 11.1 Å². The number of benzene rings is 3. The Labute approximate surface area is 292 Å². The van der Waals surface area contributed by atoms with Crippen LogP contribution in [0, 0.1) is 5.82 Å². The van der Waals surface area contributed by atoms with Gasteiger partial charge in [-0.25, -0.2) is 13.9 Å². The van der Waals surface area contributed by atoms with Crippen molar-refractivity contribution in [2.75, 3.05) is 13.1 Å². The van der Waals surface area contributed by atoms with E-state index in [9.17, 15) is 31.9 Å². The highest BCUT2D eigenvalue weighted by molar-refractivity contribution is 7.98. The molecule has 1 N–H and O–H groups in total. The average molecular weight is 714 g/mol. The lowest BCUT2D eigenvalue weighted by Crippen LogP contribution is -2.38. The Kier molecular flexibility index (Phi) is 12.8. The highest BCUT2D eigenvalue weighted by Gasteiger charge is 2.30. The van der Waals surface area contributed by atoms with E-state index in [1.165, 1.54) is 40.7 Å². The third-order valence-corrected chi connectivity index (χ3v) is 8.34. The summed E-state index contributed by atoms with van der Waals surface area (Å²) >= 11 is 1.20. The number of rotatable bonds is 13. The van der Waals surface area contributed by atoms with Gasteiger partial charge in [0.1, 0.15) is 23.7 Å². The third-order valence-electron chi connectivity index (χ3n) is 7.31. The van der Waals surface area contributed by atoms with Gasteiger partial charge in [-0.15, -0.1) is 0 Å². The molecule has 0 atom stereocenters. The Morgan fingerprint density at radius 3 is 2.10 bits per heavy atom. The molecule has 0 unspecified atom stereocenters. The summed E-state index contributed by atoms with van der Waals surface area (Å²) in [5, 5.41) is 7.36. The fourth-order valence-corrected chi connectivity index (χ4v) is 5.66. The van der Waals surface area contributed by atoms with Crippen LogP contribution in [0.15, 0.2) is 82.7 Å². The van der Waals surface area contributed by atoms with Crippen LogP contribution in [0.4, 0.5) is 22.4 Å². The van der Waals surface area contributed by atoms with Crippen molar-refractivity contribution < 1.29 is 31.9 Å². The number of aryl methyl sites for hydroxylation is 1. The lowest BCUT2D eigenvalue weighted by Gasteiger charge is -2.24. The molecule has 9 nitrogen and oxygen atoms in total. The van der Waals surface area contributed by atoms with Gasteiger partial charge in [-0.05, 0) is 80.1 Å². The summed E-state index contributed by atoms with van der Waals surface area (Å²) in [5.74, 6) is -0.332. The first-order valence-electron chi connectivity index (χ1n) is 16.0. The molecule has 3 aromatic carbocycles. The number of nitrogens with one attached hydrogen (secondary N) is 1. The second-order valence-corrected chi connectivity index (χ2v) is 13.4. The smallest absolute Gasteiger partial charge is 0.416 e. The van der Waals surface area contributed by atoms with Crippen molar-refractivity contribution in [1.82, 2.24) is 25.0 Å². The Hall–Kier alpha value is -4.72. The summed E-state index contributed by atoms with van der Waals surface area (Å²) < 4.78 is 59.2. The number of aromatic nitrogens is 3. The fourth-order valence-electron chi connectivity index (χ4n) is 4.77. The highest BCUT2D eigenvalue weighted by atomic mass is 32.2. The van der Waals surface area contributed by atoms with Crippen LogP contribution >= 0.6 is 11.8 Å². The first kappa shape index (κ1) is 38.1. The molecule has 50 heavy (non-hydrogen) atoms. The maximum absolute atomic E-state index is 13.9. The predicted molar refractivity (Wildman–Crippen MR) is 183 cm³/mol. The molecule has 14 heteroatoms. The van der Waals surface area contributed by atoms with Crippen LogP contribution < -0.4 is 10.9 Å². The number of hydrogen-bond acceptors (Lipinski definition) is 7. The molecule has 2 amide bonds. The Morgan fingerprint density at radius 2 is 1.52 bits per heavy atom. The Morgan fingerprint density at radius 1 is 0.920 bits per heavy atom. The van der Waals surface area contributed by atoms with Gasteiger partial charge in [0, 0.05) is 25.4 Å². The standard InChI is InChI=1S/C36H39F4N5O4S/c1-5-30-32(47)42-33(50-23-25-9-17-29(37)18-10-25)45(43-30)22-31(46)44(20-6-19-41-34(48)49-35(2,3)4)21-24-7-11-26(12-8-24)27-13-15-28(16-14-27)36(38,39)40/h7-18H,5-6,19-23H2,1-4H3,(H,41,48). The fraction of sp³-hybridized carbons (Fsp3) is 0.361. The van der Waals surface area contributed by atoms with Crippen molar-refractivity contribution >= 4 is 23.8 Å². The topological polar surface area (TPSA) is 106 Å². The normalized spacial score (nSPS) is 11.7. The molecule has 4 rings (SSSR count). The minimum absolute atomic E-state index is 0.185. The van der Waals surface area contributed by atoms with Gasteiger partial charge in [0.25, 0.3) is 5.56 Å². The highest BCUT2D eigenvalue weighted by Crippen LogP contribution is 2.31. The van der Waals surface area contributed by atoms with Crippen LogP contribution in [0.25, 0.3) is 11.1 Å². The summed E-state index contributed by atoms with van der Waals surface area (Å²) in [6.45, 7) is 7.48. The first-order chi connectivity index (χ1) is 23.6. The van der Waals surface area contributed by atoms with Gasteiger partial charge in [-0.1, -0.05) is 67.2 Å². The van der Waals surface area contributed by atoms with Crippen LogP contribution in [0.2, 0.25) is 0 Å². The van der Waals surface area contributed by atoms with Crippen molar-refractivity contribution in [3.63, 3.8) is 0 Å². The number of nitrogens with zero attached hydrogens (tertiary/aromatic N) is 4. The van der Waals surface area contributed by atoms with Crippen LogP contribution in [-0.2, 0) is 41.0 Å². The molecule has 1 heterocycles. The molecule has 0 radical (unpaired) electrons. The minimum Gasteiger partial charge on any atom is -0.444 e. The molecule has 0 fully saturated rings. The zero-order chi connectivity index (χ0) is 36.5. The van der Waals surface area contributed by atoms with Gasteiger partial charge in [0.05, 0.1) is 5.56 Å². The molecule has 0 aliphatic heterocycles. The molecule has 0 aliphatic rings.